The molecule has 0 aliphatic carbocycles. The van der Waals surface area contributed by atoms with E-state index in [1.54, 1.807) is 12.4 Å². The molecule has 0 bridgehead atoms. The molecule has 2 fully saturated rings. The van der Waals surface area contributed by atoms with Crippen LogP contribution in [0.4, 0.5) is 0 Å². The first-order chi connectivity index (χ1) is 11.1. The Hall–Kier alpha value is -1.66. The number of pyridine rings is 1. The molecule has 1 amide bonds. The highest BCUT2D eigenvalue weighted by Crippen LogP contribution is 2.40. The van der Waals surface area contributed by atoms with Crippen molar-refractivity contribution in [2.24, 2.45) is 5.92 Å². The molecule has 6 heteroatoms. The summed E-state index contributed by atoms with van der Waals surface area (Å²) in [6.07, 6.45) is 5.01. The van der Waals surface area contributed by atoms with Gasteiger partial charge in [0.15, 0.2) is 0 Å². The van der Waals surface area contributed by atoms with Gasteiger partial charge in [-0.1, -0.05) is 0 Å². The summed E-state index contributed by atoms with van der Waals surface area (Å²) in [5, 5.41) is 0. The summed E-state index contributed by atoms with van der Waals surface area (Å²) in [5.74, 6) is 1.33. The van der Waals surface area contributed by atoms with Crippen molar-refractivity contribution in [3.05, 3.63) is 24.5 Å². The second kappa shape index (κ2) is 6.84. The molecule has 3 rings (SSSR count). The van der Waals surface area contributed by atoms with Gasteiger partial charge in [0.2, 0.25) is 5.91 Å². The lowest BCUT2D eigenvalue weighted by atomic mass is 9.81. The average Bonchev–Trinajstić information content (AvgIpc) is 2.94. The Morgan fingerprint density at radius 2 is 2.35 bits per heavy atom. The van der Waals surface area contributed by atoms with Crippen LogP contribution in [0.25, 0.3) is 0 Å². The molecule has 0 unspecified atom stereocenters. The van der Waals surface area contributed by atoms with Crippen molar-refractivity contribution < 1.29 is 14.3 Å². The van der Waals surface area contributed by atoms with Crippen LogP contribution in [0.15, 0.2) is 24.5 Å². The SMILES string of the molecule is CN(C)CCC(=O)N1CC2(C1)OCC[C@H]2COc1cccnc1. The Balaban J connectivity index is 1.49. The number of hydrogen-bond donors (Lipinski definition) is 0. The zero-order valence-electron chi connectivity index (χ0n) is 13.9. The molecule has 1 aromatic heterocycles. The van der Waals surface area contributed by atoms with Gasteiger partial charge in [0.1, 0.15) is 11.4 Å². The third-order valence-corrected chi connectivity index (χ3v) is 4.73. The van der Waals surface area contributed by atoms with Crippen molar-refractivity contribution in [2.75, 3.05) is 46.9 Å². The number of carbonyl (C=O) groups excluding carboxylic acids is 1. The van der Waals surface area contributed by atoms with Crippen molar-refractivity contribution >= 4 is 5.91 Å². The minimum atomic E-state index is -0.198. The highest BCUT2D eigenvalue weighted by Gasteiger charge is 2.54. The van der Waals surface area contributed by atoms with Crippen molar-refractivity contribution in [2.45, 2.75) is 18.4 Å². The molecular weight excluding hydrogens is 294 g/mol. The Morgan fingerprint density at radius 1 is 1.52 bits per heavy atom. The first-order valence-electron chi connectivity index (χ1n) is 8.18. The third-order valence-electron chi connectivity index (χ3n) is 4.73. The van der Waals surface area contributed by atoms with Crippen LogP contribution in [0.1, 0.15) is 12.8 Å². The van der Waals surface area contributed by atoms with Gasteiger partial charge in [0.05, 0.1) is 25.9 Å². The van der Waals surface area contributed by atoms with E-state index in [-0.39, 0.29) is 11.5 Å². The number of amides is 1. The van der Waals surface area contributed by atoms with Crippen LogP contribution in [-0.4, -0.2) is 73.2 Å². The summed E-state index contributed by atoms with van der Waals surface area (Å²) >= 11 is 0. The molecule has 126 valence electrons. The van der Waals surface area contributed by atoms with Gasteiger partial charge in [-0.3, -0.25) is 9.78 Å². The van der Waals surface area contributed by atoms with Gasteiger partial charge in [-0.2, -0.15) is 0 Å². The van der Waals surface area contributed by atoms with Gasteiger partial charge in [0, 0.05) is 31.7 Å². The number of carbonyl (C=O) groups is 1. The lowest BCUT2D eigenvalue weighted by Crippen LogP contribution is -2.66. The Labute approximate surface area is 137 Å². The molecule has 0 radical (unpaired) electrons. The van der Waals surface area contributed by atoms with Crippen LogP contribution in [-0.2, 0) is 9.53 Å². The number of nitrogens with zero attached hydrogens (tertiary/aromatic N) is 3. The molecule has 1 aromatic rings. The summed E-state index contributed by atoms with van der Waals surface area (Å²) in [6, 6.07) is 3.78. The molecule has 1 atom stereocenters. The highest BCUT2D eigenvalue weighted by atomic mass is 16.5. The number of ether oxygens (including phenoxy) is 2. The summed E-state index contributed by atoms with van der Waals surface area (Å²) in [7, 11) is 3.97. The van der Waals surface area contributed by atoms with Crippen molar-refractivity contribution in [1.82, 2.24) is 14.8 Å². The Bertz CT molecular complexity index is 529. The van der Waals surface area contributed by atoms with Gasteiger partial charge in [-0.05, 0) is 32.6 Å². The van der Waals surface area contributed by atoms with Gasteiger partial charge in [-0.15, -0.1) is 0 Å². The summed E-state index contributed by atoms with van der Waals surface area (Å²) in [4.78, 5) is 20.2. The molecule has 0 N–H and O–H groups in total. The normalized spacial score (nSPS) is 22.4. The van der Waals surface area contributed by atoms with E-state index in [4.69, 9.17) is 9.47 Å². The fraction of sp³-hybridized carbons (Fsp3) is 0.647. The van der Waals surface area contributed by atoms with Crippen LogP contribution in [0.2, 0.25) is 0 Å². The molecular formula is C17H25N3O3. The lowest BCUT2D eigenvalue weighted by molar-refractivity contribution is -0.167. The van der Waals surface area contributed by atoms with Gasteiger partial charge in [-0.25, -0.2) is 0 Å². The van der Waals surface area contributed by atoms with E-state index in [0.29, 0.717) is 32.0 Å². The van der Waals surface area contributed by atoms with Crippen molar-refractivity contribution in [3.8, 4) is 5.75 Å². The standard InChI is InChI=1S/C17H25N3O3/c1-19(2)8-5-16(21)20-12-17(13-20)14(6-9-23-17)11-22-15-4-3-7-18-10-15/h3-4,7,10,14H,5-6,8-9,11-13H2,1-2H3/t14-/m0/s1. The van der Waals surface area contributed by atoms with Crippen LogP contribution in [0, 0.1) is 5.92 Å². The number of aromatic nitrogens is 1. The van der Waals surface area contributed by atoms with E-state index >= 15 is 0 Å². The maximum atomic E-state index is 12.2. The summed E-state index contributed by atoms with van der Waals surface area (Å²) < 4.78 is 11.8. The first kappa shape index (κ1) is 16.2. The number of hydrogen-bond acceptors (Lipinski definition) is 5. The number of likely N-dealkylation sites (tertiary alicyclic amines) is 1. The maximum absolute atomic E-state index is 12.2. The van der Waals surface area contributed by atoms with E-state index < -0.39 is 0 Å². The highest BCUT2D eigenvalue weighted by molar-refractivity contribution is 5.77. The molecule has 2 saturated heterocycles. The van der Waals surface area contributed by atoms with Crippen LogP contribution in [0.3, 0.4) is 0 Å². The van der Waals surface area contributed by atoms with Crippen molar-refractivity contribution in [1.29, 1.82) is 0 Å². The predicted octanol–water partition coefficient (Wildman–Crippen LogP) is 1.03. The second-order valence-corrected chi connectivity index (χ2v) is 6.70. The minimum Gasteiger partial charge on any atom is -0.492 e. The third kappa shape index (κ3) is 3.64. The largest absolute Gasteiger partial charge is 0.492 e. The van der Waals surface area contributed by atoms with Crippen molar-refractivity contribution in [3.63, 3.8) is 0 Å². The Morgan fingerprint density at radius 3 is 3.04 bits per heavy atom. The number of rotatable bonds is 6. The summed E-state index contributed by atoms with van der Waals surface area (Å²) in [5.41, 5.74) is -0.198. The first-order valence-corrected chi connectivity index (χ1v) is 8.18. The summed E-state index contributed by atoms with van der Waals surface area (Å²) in [6.45, 7) is 3.55. The monoisotopic (exact) mass is 319 g/mol. The van der Waals surface area contributed by atoms with E-state index in [0.717, 1.165) is 25.3 Å². The van der Waals surface area contributed by atoms with E-state index in [1.165, 1.54) is 0 Å². The second-order valence-electron chi connectivity index (χ2n) is 6.70. The zero-order chi connectivity index (χ0) is 16.3. The van der Waals surface area contributed by atoms with Gasteiger partial charge in [0.25, 0.3) is 0 Å². The molecule has 23 heavy (non-hydrogen) atoms. The van der Waals surface area contributed by atoms with E-state index in [9.17, 15) is 4.79 Å². The quantitative estimate of drug-likeness (QED) is 0.784. The smallest absolute Gasteiger partial charge is 0.224 e. The molecule has 1 spiro atoms. The Kier molecular flexibility index (Phi) is 4.82. The predicted molar refractivity (Wildman–Crippen MR) is 86.3 cm³/mol. The molecule has 2 aliphatic heterocycles. The molecule has 6 nitrogen and oxygen atoms in total. The lowest BCUT2D eigenvalue weighted by Gasteiger charge is -2.50. The van der Waals surface area contributed by atoms with Crippen LogP contribution >= 0.6 is 0 Å². The van der Waals surface area contributed by atoms with Crippen LogP contribution < -0.4 is 4.74 Å². The molecule has 3 heterocycles. The van der Waals surface area contributed by atoms with E-state index in [2.05, 4.69) is 4.98 Å². The topological polar surface area (TPSA) is 54.9 Å². The minimum absolute atomic E-state index is 0.198. The van der Waals surface area contributed by atoms with E-state index in [1.807, 2.05) is 36.0 Å². The molecule has 0 aromatic carbocycles. The zero-order valence-corrected chi connectivity index (χ0v) is 13.9. The molecule has 2 aliphatic rings. The average molecular weight is 319 g/mol. The molecule has 0 saturated carbocycles. The van der Waals surface area contributed by atoms with Gasteiger partial charge >= 0.3 is 0 Å². The maximum Gasteiger partial charge on any atom is 0.224 e. The fourth-order valence-electron chi connectivity index (χ4n) is 3.25. The van der Waals surface area contributed by atoms with Gasteiger partial charge < -0.3 is 19.3 Å². The fourth-order valence-corrected chi connectivity index (χ4v) is 3.25. The van der Waals surface area contributed by atoms with Crippen LogP contribution in [0.5, 0.6) is 5.75 Å².